The van der Waals surface area contributed by atoms with Gasteiger partial charge in [0.25, 0.3) is 0 Å². The fourth-order valence-electron chi connectivity index (χ4n) is 9.22. The molecular weight excluding hydrogens is 460 g/mol. The summed E-state index contributed by atoms with van der Waals surface area (Å²) < 4.78 is 25.0. The zero-order chi connectivity index (χ0) is 26.7. The molecule has 0 N–H and O–H groups in total. The Kier molecular flexibility index (Phi) is 9.75. The van der Waals surface area contributed by atoms with Crippen LogP contribution < -0.4 is 0 Å². The van der Waals surface area contributed by atoms with E-state index in [1.54, 1.807) is 0 Å². The second-order valence-electron chi connectivity index (χ2n) is 13.4. The van der Waals surface area contributed by atoms with Crippen LogP contribution in [-0.4, -0.2) is 37.5 Å². The largest absolute Gasteiger partial charge is 0.353 e. The van der Waals surface area contributed by atoms with Gasteiger partial charge in [0.1, 0.15) is 5.60 Å². The van der Waals surface area contributed by atoms with E-state index in [4.69, 9.17) is 25.4 Å². The van der Waals surface area contributed by atoms with Crippen molar-refractivity contribution >= 4 is 0 Å². The summed E-state index contributed by atoms with van der Waals surface area (Å²) in [7, 11) is 0. The molecule has 0 heterocycles. The van der Waals surface area contributed by atoms with Crippen LogP contribution in [0.3, 0.4) is 0 Å². The van der Waals surface area contributed by atoms with Crippen LogP contribution >= 0.6 is 0 Å². The van der Waals surface area contributed by atoms with Gasteiger partial charge >= 0.3 is 0 Å². The van der Waals surface area contributed by atoms with Gasteiger partial charge in [-0.05, 0) is 114 Å². The van der Waals surface area contributed by atoms with Crippen molar-refractivity contribution in [3.05, 3.63) is 0 Å². The van der Waals surface area contributed by atoms with Crippen molar-refractivity contribution in [2.75, 3.05) is 13.2 Å². The van der Waals surface area contributed by atoms with Crippen LogP contribution in [0.5, 0.6) is 0 Å². The first-order valence-corrected chi connectivity index (χ1v) is 15.8. The van der Waals surface area contributed by atoms with Crippen LogP contribution in [0.4, 0.5) is 0 Å². The van der Waals surface area contributed by atoms with Crippen molar-refractivity contribution in [1.82, 2.24) is 0 Å². The van der Waals surface area contributed by atoms with E-state index in [0.29, 0.717) is 17.4 Å². The van der Waals surface area contributed by atoms with Gasteiger partial charge in [0.15, 0.2) is 12.6 Å². The number of hydrogen-bond acceptors (Lipinski definition) is 4. The van der Waals surface area contributed by atoms with Crippen LogP contribution in [-0.2, 0) is 18.9 Å². The predicted octanol–water partition coefficient (Wildman–Crippen LogP) is 8.13. The highest BCUT2D eigenvalue weighted by Gasteiger charge is 2.65. The highest BCUT2D eigenvalue weighted by atomic mass is 16.7. The molecule has 0 aliphatic heterocycles. The van der Waals surface area contributed by atoms with Gasteiger partial charge in [-0.2, -0.15) is 0 Å². The van der Waals surface area contributed by atoms with E-state index >= 15 is 0 Å². The summed E-state index contributed by atoms with van der Waals surface area (Å²) >= 11 is 0. The number of unbranched alkanes of at least 4 members (excludes halogenated alkanes) is 2. The molecule has 4 nitrogen and oxygen atoms in total. The molecule has 0 aromatic carbocycles. The lowest BCUT2D eigenvalue weighted by Gasteiger charge is -2.61. The molecule has 0 amide bonds. The van der Waals surface area contributed by atoms with E-state index in [2.05, 4.69) is 40.5 Å². The molecule has 0 bridgehead atoms. The maximum atomic E-state index is 6.68. The molecule has 0 aromatic heterocycles. The van der Waals surface area contributed by atoms with E-state index in [9.17, 15) is 0 Å². The van der Waals surface area contributed by atoms with Gasteiger partial charge in [0, 0.05) is 18.6 Å². The Labute approximate surface area is 228 Å². The Morgan fingerprint density at radius 1 is 0.838 bits per heavy atom. The SMILES string of the molecule is C#C[C@]1(OC(C)OCCCC)CC[C@H]2[C@@H]3CC[C@@H]4C[C@@H](OC(C)OCCCC)CC[C@]4(C)[C@H]3CC[C@@]21C. The van der Waals surface area contributed by atoms with Crippen molar-refractivity contribution in [2.45, 2.75) is 149 Å². The molecule has 4 fully saturated rings. The minimum Gasteiger partial charge on any atom is -0.353 e. The molecule has 4 aliphatic rings. The van der Waals surface area contributed by atoms with E-state index < -0.39 is 5.60 Å². The summed E-state index contributed by atoms with van der Waals surface area (Å²) in [5, 5.41) is 0. The molecule has 4 saturated carbocycles. The highest BCUT2D eigenvalue weighted by molar-refractivity contribution is 5.24. The third-order valence-electron chi connectivity index (χ3n) is 11.4. The summed E-state index contributed by atoms with van der Waals surface area (Å²) in [5.74, 6) is 6.20. The van der Waals surface area contributed by atoms with Crippen LogP contribution in [0, 0.1) is 46.8 Å². The van der Waals surface area contributed by atoms with Crippen molar-refractivity contribution < 1.29 is 18.9 Å². The monoisotopic (exact) mass is 516 g/mol. The topological polar surface area (TPSA) is 36.9 Å². The zero-order valence-corrected chi connectivity index (χ0v) is 24.9. The number of fused-ring (bicyclic) bond motifs is 5. The van der Waals surface area contributed by atoms with Gasteiger partial charge in [-0.1, -0.05) is 46.5 Å². The molecule has 10 atom stereocenters. The van der Waals surface area contributed by atoms with Crippen molar-refractivity contribution in [1.29, 1.82) is 0 Å². The molecule has 212 valence electrons. The molecule has 37 heavy (non-hydrogen) atoms. The Morgan fingerprint density at radius 2 is 1.51 bits per heavy atom. The molecule has 0 saturated heterocycles. The van der Waals surface area contributed by atoms with Gasteiger partial charge in [0.05, 0.1) is 6.10 Å². The number of rotatable bonds is 12. The predicted molar refractivity (Wildman–Crippen MR) is 150 cm³/mol. The van der Waals surface area contributed by atoms with Gasteiger partial charge in [-0.15, -0.1) is 6.42 Å². The minimum absolute atomic E-state index is 0.0417. The summed E-state index contributed by atoms with van der Waals surface area (Å²) in [6, 6.07) is 0. The first kappa shape index (κ1) is 29.4. The number of hydrogen-bond donors (Lipinski definition) is 0. The van der Waals surface area contributed by atoms with Gasteiger partial charge in [0.2, 0.25) is 0 Å². The first-order valence-electron chi connectivity index (χ1n) is 15.8. The van der Waals surface area contributed by atoms with Gasteiger partial charge < -0.3 is 18.9 Å². The Hall–Kier alpha value is -0.600. The van der Waals surface area contributed by atoms with Crippen molar-refractivity contribution in [3.63, 3.8) is 0 Å². The van der Waals surface area contributed by atoms with E-state index in [-0.39, 0.29) is 18.0 Å². The lowest BCUT2D eigenvalue weighted by Crippen LogP contribution is -2.57. The maximum absolute atomic E-state index is 6.68. The fraction of sp³-hybridized carbons (Fsp3) is 0.939. The van der Waals surface area contributed by atoms with Crippen LogP contribution in [0.25, 0.3) is 0 Å². The Bertz CT molecular complexity index is 777. The molecule has 2 unspecified atom stereocenters. The first-order chi connectivity index (χ1) is 17.7. The molecule has 0 radical (unpaired) electrons. The van der Waals surface area contributed by atoms with Crippen molar-refractivity contribution in [2.24, 2.45) is 34.5 Å². The van der Waals surface area contributed by atoms with E-state index in [0.717, 1.165) is 56.7 Å². The standard InChI is InChI=1S/C33H56O4/c1-8-11-21-34-24(4)36-27-15-18-31(6)26(23-27)13-14-28-29(31)16-19-32(7)30(28)17-20-33(32,10-3)37-25(5)35-22-12-9-2/h3,24-30H,8-9,11-23H2,1-2,4-7H3/t24?,25?,26-,27+,28-,29+,30+,31+,32+,33+/m1/s1. The lowest BCUT2D eigenvalue weighted by atomic mass is 9.44. The maximum Gasteiger partial charge on any atom is 0.156 e. The third-order valence-corrected chi connectivity index (χ3v) is 11.4. The van der Waals surface area contributed by atoms with Crippen LogP contribution in [0.15, 0.2) is 0 Å². The molecule has 0 aromatic rings. The summed E-state index contributed by atoms with van der Waals surface area (Å²) in [6.45, 7) is 15.2. The Balaban J connectivity index is 1.40. The minimum atomic E-state index is -0.495. The molecule has 4 rings (SSSR count). The third kappa shape index (κ3) is 5.68. The quantitative estimate of drug-likeness (QED) is 0.149. The van der Waals surface area contributed by atoms with Crippen LogP contribution in [0.2, 0.25) is 0 Å². The van der Waals surface area contributed by atoms with E-state index in [1.807, 2.05) is 6.92 Å². The summed E-state index contributed by atoms with van der Waals surface area (Å²) in [4.78, 5) is 0. The normalized spacial score (nSPS) is 42.8. The number of ether oxygens (including phenoxy) is 4. The summed E-state index contributed by atoms with van der Waals surface area (Å²) in [5.41, 5.74) is -0.0271. The Morgan fingerprint density at radius 3 is 2.19 bits per heavy atom. The van der Waals surface area contributed by atoms with Gasteiger partial charge in [-0.25, -0.2) is 0 Å². The molecule has 0 spiro atoms. The average molecular weight is 517 g/mol. The van der Waals surface area contributed by atoms with Crippen LogP contribution in [0.1, 0.15) is 125 Å². The highest BCUT2D eigenvalue weighted by Crippen LogP contribution is 2.69. The smallest absolute Gasteiger partial charge is 0.156 e. The molecular formula is C33H56O4. The lowest BCUT2D eigenvalue weighted by molar-refractivity contribution is -0.229. The van der Waals surface area contributed by atoms with Gasteiger partial charge in [-0.3, -0.25) is 0 Å². The molecule has 4 aliphatic carbocycles. The second kappa shape index (κ2) is 12.3. The summed E-state index contributed by atoms with van der Waals surface area (Å²) in [6.07, 6.45) is 21.8. The fourth-order valence-corrected chi connectivity index (χ4v) is 9.22. The van der Waals surface area contributed by atoms with Crippen molar-refractivity contribution in [3.8, 4) is 12.3 Å². The zero-order valence-electron chi connectivity index (χ0n) is 24.9. The number of terminal acetylenes is 1. The second-order valence-corrected chi connectivity index (χ2v) is 13.4. The van der Waals surface area contributed by atoms with E-state index in [1.165, 1.54) is 57.8 Å². The molecule has 4 heteroatoms. The average Bonchev–Trinajstić information content (AvgIpc) is 3.17.